The number of carbonyl (C=O) groups is 2. The largest absolute Gasteiger partial charge is 0.456 e. The average Bonchev–Trinajstić information content (AvgIpc) is 2.41. The van der Waals surface area contributed by atoms with E-state index in [0.29, 0.717) is 0 Å². The number of esters is 1. The number of rotatable bonds is 6. The Hall–Kier alpha value is -1.80. The van der Waals surface area contributed by atoms with Crippen molar-refractivity contribution in [3.05, 3.63) is 35.4 Å². The Morgan fingerprint density at radius 3 is 2.04 bits per heavy atom. The molecular formula is C15H19FO6S. The lowest BCUT2D eigenvalue weighted by Gasteiger charge is -2.19. The number of benzene rings is 1. The molecule has 6 nitrogen and oxygen atoms in total. The van der Waals surface area contributed by atoms with Crippen LogP contribution in [-0.4, -0.2) is 42.2 Å². The van der Waals surface area contributed by atoms with Crippen LogP contribution in [0.15, 0.2) is 24.3 Å². The van der Waals surface area contributed by atoms with Gasteiger partial charge in [0.2, 0.25) is 0 Å². The molecule has 1 aromatic rings. The fourth-order valence-electron chi connectivity index (χ4n) is 1.81. The van der Waals surface area contributed by atoms with Crippen LogP contribution >= 0.6 is 0 Å². The monoisotopic (exact) mass is 346 g/mol. The zero-order valence-electron chi connectivity index (χ0n) is 13.1. The molecule has 1 atom stereocenters. The molecule has 0 saturated heterocycles. The van der Waals surface area contributed by atoms with Gasteiger partial charge in [-0.3, -0.25) is 13.7 Å². The molecule has 1 N–H and O–H groups in total. The van der Waals surface area contributed by atoms with Crippen molar-refractivity contribution in [2.75, 3.05) is 6.67 Å². The predicted octanol–water partition coefficient (Wildman–Crippen LogP) is 2.44. The molecule has 0 bridgehead atoms. The third-order valence-corrected chi connectivity index (χ3v) is 4.00. The first-order chi connectivity index (χ1) is 10.5. The summed E-state index contributed by atoms with van der Waals surface area (Å²) in [4.78, 5) is 23.9. The SMILES string of the molecule is CC(C)(C)OC(=O)c1ccc(C(=O)C(CCF)S(=O)(=O)O)cc1. The minimum Gasteiger partial charge on any atom is -0.456 e. The quantitative estimate of drug-likeness (QED) is 0.483. The van der Waals surface area contributed by atoms with Crippen LogP contribution in [0.2, 0.25) is 0 Å². The van der Waals surface area contributed by atoms with Crippen LogP contribution in [0.5, 0.6) is 0 Å². The Balaban J connectivity index is 2.99. The molecule has 0 saturated carbocycles. The fraction of sp³-hybridized carbons (Fsp3) is 0.467. The molecule has 1 aromatic carbocycles. The maximum atomic E-state index is 12.4. The molecule has 0 aliphatic carbocycles. The smallest absolute Gasteiger partial charge is 0.338 e. The van der Waals surface area contributed by atoms with Gasteiger partial charge in [0.05, 0.1) is 12.2 Å². The molecule has 0 aliphatic rings. The van der Waals surface area contributed by atoms with Crippen molar-refractivity contribution in [1.29, 1.82) is 0 Å². The Kier molecular flexibility index (Phi) is 6.01. The van der Waals surface area contributed by atoms with Gasteiger partial charge in [0.25, 0.3) is 10.1 Å². The van der Waals surface area contributed by atoms with E-state index < -0.39 is 45.8 Å². The van der Waals surface area contributed by atoms with E-state index in [0.717, 1.165) is 0 Å². The molecule has 23 heavy (non-hydrogen) atoms. The van der Waals surface area contributed by atoms with Crippen molar-refractivity contribution in [3.8, 4) is 0 Å². The second-order valence-electron chi connectivity index (χ2n) is 5.92. The number of alkyl halides is 1. The molecule has 0 amide bonds. The minimum absolute atomic E-state index is 0.0478. The lowest BCUT2D eigenvalue weighted by molar-refractivity contribution is 0.00693. The number of ketones is 1. The second kappa shape index (κ2) is 7.18. The van der Waals surface area contributed by atoms with Crippen molar-refractivity contribution >= 4 is 21.9 Å². The third-order valence-electron chi connectivity index (χ3n) is 2.83. The van der Waals surface area contributed by atoms with Crippen LogP contribution in [0.3, 0.4) is 0 Å². The molecule has 1 unspecified atom stereocenters. The van der Waals surface area contributed by atoms with Gasteiger partial charge in [0, 0.05) is 12.0 Å². The number of carbonyl (C=O) groups excluding carboxylic acids is 2. The summed E-state index contributed by atoms with van der Waals surface area (Å²) in [6, 6.07) is 5.08. The number of ether oxygens (including phenoxy) is 1. The predicted molar refractivity (Wildman–Crippen MR) is 81.9 cm³/mol. The van der Waals surface area contributed by atoms with E-state index in [1.165, 1.54) is 24.3 Å². The van der Waals surface area contributed by atoms with Gasteiger partial charge in [-0.25, -0.2) is 4.79 Å². The van der Waals surface area contributed by atoms with Crippen molar-refractivity contribution in [2.24, 2.45) is 0 Å². The third kappa shape index (κ3) is 5.72. The van der Waals surface area contributed by atoms with Gasteiger partial charge in [-0.15, -0.1) is 0 Å². The fourth-order valence-corrected chi connectivity index (χ4v) is 2.60. The normalized spacial score (nSPS) is 13.4. The molecule has 8 heteroatoms. The first kappa shape index (κ1) is 19.2. The average molecular weight is 346 g/mol. The summed E-state index contributed by atoms with van der Waals surface area (Å²) in [5, 5.41) is -1.86. The molecular weight excluding hydrogens is 327 g/mol. The van der Waals surface area contributed by atoms with E-state index in [-0.39, 0.29) is 11.1 Å². The van der Waals surface area contributed by atoms with E-state index in [1.807, 2.05) is 0 Å². The van der Waals surface area contributed by atoms with Gasteiger partial charge in [-0.2, -0.15) is 8.42 Å². The highest BCUT2D eigenvalue weighted by Crippen LogP contribution is 2.16. The van der Waals surface area contributed by atoms with Crippen molar-refractivity contribution in [2.45, 2.75) is 38.0 Å². The standard InChI is InChI=1S/C15H19FO6S/c1-15(2,3)22-14(18)11-6-4-10(5-7-11)13(17)12(8-9-16)23(19,20)21/h4-7,12H,8-9H2,1-3H3,(H,19,20,21). The van der Waals surface area contributed by atoms with Gasteiger partial charge in [0.15, 0.2) is 11.0 Å². The number of halogens is 1. The van der Waals surface area contributed by atoms with E-state index >= 15 is 0 Å². The molecule has 0 spiro atoms. The van der Waals surface area contributed by atoms with Gasteiger partial charge < -0.3 is 4.74 Å². The zero-order chi connectivity index (χ0) is 17.8. The molecule has 0 aliphatic heterocycles. The van der Waals surface area contributed by atoms with E-state index in [2.05, 4.69) is 0 Å². The minimum atomic E-state index is -4.71. The summed E-state index contributed by atoms with van der Waals surface area (Å²) < 4.78 is 48.9. The maximum Gasteiger partial charge on any atom is 0.338 e. The number of Topliss-reactive ketones (excluding diaryl/α,β-unsaturated/α-hetero) is 1. The van der Waals surface area contributed by atoms with Crippen LogP contribution in [0, 0.1) is 0 Å². The van der Waals surface area contributed by atoms with E-state index in [1.54, 1.807) is 20.8 Å². The van der Waals surface area contributed by atoms with Gasteiger partial charge in [0.1, 0.15) is 5.60 Å². The van der Waals surface area contributed by atoms with E-state index in [9.17, 15) is 22.4 Å². The summed E-state index contributed by atoms with van der Waals surface area (Å²) in [6.07, 6.45) is -0.633. The highest BCUT2D eigenvalue weighted by Gasteiger charge is 2.31. The van der Waals surface area contributed by atoms with Crippen LogP contribution in [0.1, 0.15) is 47.9 Å². The van der Waals surface area contributed by atoms with Crippen molar-refractivity contribution < 1.29 is 31.7 Å². The first-order valence-corrected chi connectivity index (χ1v) is 8.36. The van der Waals surface area contributed by atoms with Crippen molar-refractivity contribution in [3.63, 3.8) is 0 Å². The summed E-state index contributed by atoms with van der Waals surface area (Å²) >= 11 is 0. The Labute approximate surface area is 134 Å². The van der Waals surface area contributed by atoms with Gasteiger partial charge >= 0.3 is 5.97 Å². The maximum absolute atomic E-state index is 12.4. The number of hydrogen-bond donors (Lipinski definition) is 1. The van der Waals surface area contributed by atoms with E-state index in [4.69, 9.17) is 9.29 Å². The van der Waals surface area contributed by atoms with Crippen LogP contribution in [-0.2, 0) is 14.9 Å². The molecule has 0 aromatic heterocycles. The molecule has 1 rings (SSSR count). The Morgan fingerprint density at radius 2 is 1.65 bits per heavy atom. The molecule has 0 radical (unpaired) electrons. The van der Waals surface area contributed by atoms with Crippen LogP contribution in [0.25, 0.3) is 0 Å². The topological polar surface area (TPSA) is 97.7 Å². The second-order valence-corrected chi connectivity index (χ2v) is 7.52. The summed E-state index contributed by atoms with van der Waals surface area (Å²) in [6.45, 7) is 4.05. The van der Waals surface area contributed by atoms with Gasteiger partial charge in [-0.1, -0.05) is 12.1 Å². The Morgan fingerprint density at radius 1 is 1.17 bits per heavy atom. The lowest BCUT2D eigenvalue weighted by atomic mass is 10.0. The Bertz CT molecular complexity index is 673. The highest BCUT2D eigenvalue weighted by molar-refractivity contribution is 7.87. The number of hydrogen-bond acceptors (Lipinski definition) is 5. The molecule has 0 fully saturated rings. The summed E-state index contributed by atoms with van der Waals surface area (Å²) in [5.74, 6) is -1.52. The lowest BCUT2D eigenvalue weighted by Crippen LogP contribution is -2.30. The van der Waals surface area contributed by atoms with Crippen molar-refractivity contribution in [1.82, 2.24) is 0 Å². The zero-order valence-corrected chi connectivity index (χ0v) is 13.9. The molecule has 128 valence electrons. The van der Waals surface area contributed by atoms with Crippen LogP contribution < -0.4 is 0 Å². The summed E-state index contributed by atoms with van der Waals surface area (Å²) in [5.41, 5.74) is -0.540. The van der Waals surface area contributed by atoms with Gasteiger partial charge in [-0.05, 0) is 32.9 Å². The summed E-state index contributed by atoms with van der Waals surface area (Å²) in [7, 11) is -4.71. The van der Waals surface area contributed by atoms with Crippen LogP contribution in [0.4, 0.5) is 4.39 Å². The highest BCUT2D eigenvalue weighted by atomic mass is 32.2. The first-order valence-electron chi connectivity index (χ1n) is 6.85. The molecule has 0 heterocycles.